The summed E-state index contributed by atoms with van der Waals surface area (Å²) in [6.45, 7) is 4.13. The van der Waals surface area contributed by atoms with Gasteiger partial charge in [0.05, 0.1) is 0 Å². The molecule has 0 fully saturated rings. The fourth-order valence-electron chi connectivity index (χ4n) is 2.01. The van der Waals surface area contributed by atoms with E-state index in [0.29, 0.717) is 12.3 Å². The molecule has 0 bridgehead atoms. The lowest BCUT2D eigenvalue weighted by Gasteiger charge is -2.13. The molecule has 0 aliphatic heterocycles. The highest BCUT2D eigenvalue weighted by Gasteiger charge is 2.12. The first-order valence-corrected chi connectivity index (χ1v) is 7.20. The van der Waals surface area contributed by atoms with Gasteiger partial charge in [-0.05, 0) is 41.9 Å². The Morgan fingerprint density at radius 3 is 2.62 bits per heavy atom. The van der Waals surface area contributed by atoms with Crippen molar-refractivity contribution in [3.05, 3.63) is 62.0 Å². The van der Waals surface area contributed by atoms with Gasteiger partial charge in [0.25, 0.3) is 5.56 Å². The molecule has 3 nitrogen and oxygen atoms in total. The van der Waals surface area contributed by atoms with Crippen molar-refractivity contribution in [2.24, 2.45) is 0 Å². The average molecular weight is 358 g/mol. The summed E-state index contributed by atoms with van der Waals surface area (Å²) in [6, 6.07) is 4.99. The summed E-state index contributed by atoms with van der Waals surface area (Å²) in [5, 5.41) is 0. The van der Waals surface area contributed by atoms with Gasteiger partial charge < -0.3 is 9.30 Å². The molecular formula is C15H14BrF2NO2. The third-order valence-electron chi connectivity index (χ3n) is 3.13. The number of halogens is 3. The van der Waals surface area contributed by atoms with Gasteiger partial charge in [0.1, 0.15) is 28.5 Å². The van der Waals surface area contributed by atoms with Crippen LogP contribution in [0.2, 0.25) is 0 Å². The molecule has 112 valence electrons. The van der Waals surface area contributed by atoms with Gasteiger partial charge in [-0.15, -0.1) is 0 Å². The number of aryl methyl sites for hydroxylation is 1. The van der Waals surface area contributed by atoms with E-state index < -0.39 is 11.6 Å². The van der Waals surface area contributed by atoms with E-state index in [9.17, 15) is 13.6 Å². The molecule has 0 aliphatic rings. The van der Waals surface area contributed by atoms with Crippen LogP contribution in [0.15, 0.2) is 33.5 Å². The quantitative estimate of drug-likeness (QED) is 0.833. The van der Waals surface area contributed by atoms with Crippen molar-refractivity contribution in [3.8, 4) is 5.75 Å². The van der Waals surface area contributed by atoms with Crippen LogP contribution in [-0.4, -0.2) is 4.57 Å². The third-order valence-corrected chi connectivity index (χ3v) is 3.86. The SMILES string of the molecule is CCn1c(C)cc(OCc2ccc(F)cc2F)c(Br)c1=O. The van der Waals surface area contributed by atoms with E-state index in [1.807, 2.05) is 6.92 Å². The summed E-state index contributed by atoms with van der Waals surface area (Å²) in [5.41, 5.74) is 0.771. The molecule has 0 radical (unpaired) electrons. The number of rotatable bonds is 4. The maximum Gasteiger partial charge on any atom is 0.268 e. The minimum atomic E-state index is -0.676. The molecule has 0 unspecified atom stereocenters. The standard InChI is InChI=1S/C15H14BrF2NO2/c1-3-19-9(2)6-13(14(16)15(19)20)21-8-10-4-5-11(17)7-12(10)18/h4-7H,3,8H2,1-2H3. The van der Waals surface area contributed by atoms with E-state index in [0.717, 1.165) is 17.8 Å². The lowest BCUT2D eigenvalue weighted by molar-refractivity contribution is 0.295. The van der Waals surface area contributed by atoms with Crippen molar-refractivity contribution >= 4 is 15.9 Å². The zero-order chi connectivity index (χ0) is 15.6. The Kier molecular flexibility index (Phi) is 4.77. The van der Waals surface area contributed by atoms with E-state index in [2.05, 4.69) is 15.9 Å². The van der Waals surface area contributed by atoms with Crippen molar-refractivity contribution in [2.75, 3.05) is 0 Å². The number of nitrogens with zero attached hydrogens (tertiary/aromatic N) is 1. The van der Waals surface area contributed by atoms with E-state index >= 15 is 0 Å². The first kappa shape index (κ1) is 15.7. The van der Waals surface area contributed by atoms with Crippen molar-refractivity contribution in [3.63, 3.8) is 0 Å². The zero-order valence-electron chi connectivity index (χ0n) is 11.6. The van der Waals surface area contributed by atoms with Gasteiger partial charge >= 0.3 is 0 Å². The highest BCUT2D eigenvalue weighted by atomic mass is 79.9. The van der Waals surface area contributed by atoms with Crippen LogP contribution in [0.4, 0.5) is 8.78 Å². The molecule has 0 atom stereocenters. The Hall–Kier alpha value is -1.69. The molecule has 6 heteroatoms. The smallest absolute Gasteiger partial charge is 0.268 e. The summed E-state index contributed by atoms with van der Waals surface area (Å²) in [4.78, 5) is 12.1. The minimum absolute atomic E-state index is 0.0836. The fraction of sp³-hybridized carbons (Fsp3) is 0.267. The normalized spacial score (nSPS) is 10.7. The number of aromatic nitrogens is 1. The molecule has 0 N–H and O–H groups in total. The Balaban J connectivity index is 2.26. The van der Waals surface area contributed by atoms with Crippen molar-refractivity contribution in [1.82, 2.24) is 4.57 Å². The highest BCUT2D eigenvalue weighted by Crippen LogP contribution is 2.24. The zero-order valence-corrected chi connectivity index (χ0v) is 13.2. The fourth-order valence-corrected chi connectivity index (χ4v) is 2.45. The molecule has 1 aromatic heterocycles. The van der Waals surface area contributed by atoms with Crippen LogP contribution in [0.25, 0.3) is 0 Å². The molecule has 0 saturated carbocycles. The Labute approximate surface area is 129 Å². The number of ether oxygens (including phenoxy) is 1. The second-order valence-electron chi connectivity index (χ2n) is 4.54. The van der Waals surface area contributed by atoms with Crippen molar-refractivity contribution < 1.29 is 13.5 Å². The van der Waals surface area contributed by atoms with Gasteiger partial charge in [0.2, 0.25) is 0 Å². The van der Waals surface area contributed by atoms with Gasteiger partial charge in [-0.3, -0.25) is 4.79 Å². The molecule has 1 aromatic carbocycles. The predicted molar refractivity (Wildman–Crippen MR) is 79.5 cm³/mol. The average Bonchev–Trinajstić information content (AvgIpc) is 2.43. The number of hydrogen-bond donors (Lipinski definition) is 0. The summed E-state index contributed by atoms with van der Waals surface area (Å²) in [7, 11) is 0. The molecule has 1 heterocycles. The molecule has 2 aromatic rings. The number of pyridine rings is 1. The Morgan fingerprint density at radius 2 is 2.00 bits per heavy atom. The second kappa shape index (κ2) is 6.39. The summed E-state index contributed by atoms with van der Waals surface area (Å²) in [6.07, 6.45) is 0. The number of hydrogen-bond acceptors (Lipinski definition) is 2. The maximum absolute atomic E-state index is 13.5. The van der Waals surface area contributed by atoms with Crippen LogP contribution < -0.4 is 10.3 Å². The van der Waals surface area contributed by atoms with Gasteiger partial charge in [-0.2, -0.15) is 0 Å². The monoisotopic (exact) mass is 357 g/mol. The Bertz CT molecular complexity index is 728. The van der Waals surface area contributed by atoms with Crippen molar-refractivity contribution in [2.45, 2.75) is 27.0 Å². The Morgan fingerprint density at radius 1 is 1.29 bits per heavy atom. The lowest BCUT2D eigenvalue weighted by atomic mass is 10.2. The molecule has 0 amide bonds. The molecule has 0 saturated heterocycles. The molecule has 21 heavy (non-hydrogen) atoms. The van der Waals surface area contributed by atoms with Gasteiger partial charge in [0, 0.05) is 29.9 Å². The van der Waals surface area contributed by atoms with Crippen LogP contribution in [-0.2, 0) is 13.2 Å². The maximum atomic E-state index is 13.5. The number of benzene rings is 1. The largest absolute Gasteiger partial charge is 0.487 e. The van der Waals surface area contributed by atoms with E-state index in [-0.39, 0.29) is 22.2 Å². The highest BCUT2D eigenvalue weighted by molar-refractivity contribution is 9.10. The van der Waals surface area contributed by atoms with E-state index in [1.54, 1.807) is 17.6 Å². The molecular weight excluding hydrogens is 344 g/mol. The van der Waals surface area contributed by atoms with Crippen LogP contribution in [0.5, 0.6) is 5.75 Å². The van der Waals surface area contributed by atoms with Crippen molar-refractivity contribution in [1.29, 1.82) is 0 Å². The van der Waals surface area contributed by atoms with Gasteiger partial charge in [0.15, 0.2) is 0 Å². The molecule has 0 aliphatic carbocycles. The summed E-state index contributed by atoms with van der Waals surface area (Å²) >= 11 is 3.20. The second-order valence-corrected chi connectivity index (χ2v) is 5.33. The molecule has 0 spiro atoms. The van der Waals surface area contributed by atoms with Crippen LogP contribution >= 0.6 is 15.9 Å². The predicted octanol–water partition coefficient (Wildman–Crippen LogP) is 3.80. The van der Waals surface area contributed by atoms with E-state index in [1.165, 1.54) is 6.07 Å². The van der Waals surface area contributed by atoms with Crippen LogP contribution in [0.3, 0.4) is 0 Å². The molecule has 2 rings (SSSR count). The first-order chi connectivity index (χ1) is 9.93. The van der Waals surface area contributed by atoms with Gasteiger partial charge in [-0.25, -0.2) is 8.78 Å². The first-order valence-electron chi connectivity index (χ1n) is 6.40. The third kappa shape index (κ3) is 3.32. The summed E-state index contributed by atoms with van der Waals surface area (Å²) in [5.74, 6) is -0.977. The topological polar surface area (TPSA) is 31.2 Å². The van der Waals surface area contributed by atoms with Crippen LogP contribution in [0.1, 0.15) is 18.2 Å². The van der Waals surface area contributed by atoms with Crippen LogP contribution in [0, 0.1) is 18.6 Å². The minimum Gasteiger partial charge on any atom is -0.487 e. The van der Waals surface area contributed by atoms with Gasteiger partial charge in [-0.1, -0.05) is 0 Å². The van der Waals surface area contributed by atoms with E-state index in [4.69, 9.17) is 4.74 Å². The lowest BCUT2D eigenvalue weighted by Crippen LogP contribution is -2.22. The summed E-state index contributed by atoms with van der Waals surface area (Å²) < 4.78 is 33.7.